The smallest absolute Gasteiger partial charge is 0.251 e. The van der Waals surface area contributed by atoms with Crippen LogP contribution in [0.2, 0.25) is 0 Å². The maximum atomic E-state index is 11.7. The Morgan fingerprint density at radius 1 is 1.17 bits per heavy atom. The van der Waals surface area contributed by atoms with Gasteiger partial charge in [0.25, 0.3) is 5.91 Å². The first-order chi connectivity index (χ1) is 8.29. The third-order valence-electron chi connectivity index (χ3n) is 2.54. The molecule has 6 heteroatoms. The van der Waals surface area contributed by atoms with Crippen LogP contribution in [0.1, 0.15) is 21.5 Å². The lowest BCUT2D eigenvalue weighted by Gasteiger charge is -2.07. The van der Waals surface area contributed by atoms with Crippen molar-refractivity contribution in [2.75, 3.05) is 19.3 Å². The molecule has 2 N–H and O–H groups in total. The number of amides is 1. The summed E-state index contributed by atoms with van der Waals surface area (Å²) in [5.74, 6) is -0.201. The van der Waals surface area contributed by atoms with Gasteiger partial charge in [-0.3, -0.25) is 4.79 Å². The monoisotopic (exact) mass is 270 g/mol. The summed E-state index contributed by atoms with van der Waals surface area (Å²) in [4.78, 5) is 11.7. The molecule has 0 heterocycles. The molecule has 18 heavy (non-hydrogen) atoms. The molecular formula is C12H18N2O3S. The Labute approximate surface area is 108 Å². The lowest BCUT2D eigenvalue weighted by atomic mass is 10.1. The molecule has 1 aromatic rings. The lowest BCUT2D eigenvalue weighted by Crippen LogP contribution is -2.34. The number of hydrogen-bond donors (Lipinski definition) is 2. The van der Waals surface area contributed by atoms with Crippen molar-refractivity contribution in [1.29, 1.82) is 0 Å². The van der Waals surface area contributed by atoms with Crippen molar-refractivity contribution < 1.29 is 13.2 Å². The van der Waals surface area contributed by atoms with Gasteiger partial charge >= 0.3 is 0 Å². The van der Waals surface area contributed by atoms with Crippen LogP contribution in [0.15, 0.2) is 18.2 Å². The first-order valence-electron chi connectivity index (χ1n) is 5.59. The van der Waals surface area contributed by atoms with E-state index in [1.807, 2.05) is 26.0 Å². The molecule has 1 aromatic carbocycles. The van der Waals surface area contributed by atoms with E-state index >= 15 is 0 Å². The number of hydrogen-bond acceptors (Lipinski definition) is 3. The Morgan fingerprint density at radius 2 is 1.83 bits per heavy atom. The fourth-order valence-corrected chi connectivity index (χ4v) is 1.87. The van der Waals surface area contributed by atoms with Gasteiger partial charge in [0, 0.05) is 18.7 Å². The largest absolute Gasteiger partial charge is 0.351 e. The predicted octanol–water partition coefficient (Wildman–Crippen LogP) is 0.582. The highest BCUT2D eigenvalue weighted by Crippen LogP contribution is 2.09. The second-order valence-electron chi connectivity index (χ2n) is 4.22. The third kappa shape index (κ3) is 4.85. The molecule has 0 aromatic heterocycles. The fourth-order valence-electron chi connectivity index (χ4n) is 1.40. The van der Waals surface area contributed by atoms with Gasteiger partial charge in [0.15, 0.2) is 0 Å². The van der Waals surface area contributed by atoms with E-state index < -0.39 is 10.0 Å². The molecule has 0 unspecified atom stereocenters. The maximum Gasteiger partial charge on any atom is 0.251 e. The Bertz CT molecular complexity index is 538. The van der Waals surface area contributed by atoms with Gasteiger partial charge in [-0.15, -0.1) is 0 Å². The van der Waals surface area contributed by atoms with E-state index in [1.54, 1.807) is 6.07 Å². The standard InChI is InChI=1S/C12H18N2O3S/c1-9-4-5-11(8-10(9)2)12(15)13-6-7-14-18(3,16)17/h4-5,8,14H,6-7H2,1-3H3,(H,13,15). The van der Waals surface area contributed by atoms with Gasteiger partial charge in [-0.05, 0) is 37.1 Å². The molecule has 0 atom stereocenters. The minimum Gasteiger partial charge on any atom is -0.351 e. The van der Waals surface area contributed by atoms with Crippen molar-refractivity contribution in [2.24, 2.45) is 0 Å². The van der Waals surface area contributed by atoms with Crippen LogP contribution in [0, 0.1) is 13.8 Å². The van der Waals surface area contributed by atoms with Gasteiger partial charge in [0.1, 0.15) is 0 Å². The van der Waals surface area contributed by atoms with E-state index in [1.165, 1.54) is 0 Å². The maximum absolute atomic E-state index is 11.7. The zero-order valence-electron chi connectivity index (χ0n) is 10.8. The zero-order chi connectivity index (χ0) is 13.8. The highest BCUT2D eigenvalue weighted by Gasteiger charge is 2.06. The molecule has 0 aliphatic rings. The average Bonchev–Trinajstić information content (AvgIpc) is 2.26. The lowest BCUT2D eigenvalue weighted by molar-refractivity contribution is 0.0954. The van der Waals surface area contributed by atoms with Gasteiger partial charge in [0.05, 0.1) is 6.26 Å². The summed E-state index contributed by atoms with van der Waals surface area (Å²) in [6.45, 7) is 4.37. The molecule has 0 saturated carbocycles. The first kappa shape index (κ1) is 14.7. The SMILES string of the molecule is Cc1ccc(C(=O)NCCNS(C)(=O)=O)cc1C. The number of carbonyl (C=O) groups excluding carboxylic acids is 1. The molecule has 0 bridgehead atoms. The van der Waals surface area contributed by atoms with Crippen LogP contribution in [0.3, 0.4) is 0 Å². The molecule has 0 radical (unpaired) electrons. The van der Waals surface area contributed by atoms with Crippen molar-refractivity contribution in [2.45, 2.75) is 13.8 Å². The van der Waals surface area contributed by atoms with Crippen molar-refractivity contribution in [3.05, 3.63) is 34.9 Å². The van der Waals surface area contributed by atoms with Gasteiger partial charge in [-0.1, -0.05) is 6.07 Å². The van der Waals surface area contributed by atoms with Crippen molar-refractivity contribution in [3.63, 3.8) is 0 Å². The topological polar surface area (TPSA) is 75.3 Å². The second kappa shape index (κ2) is 5.97. The molecular weight excluding hydrogens is 252 g/mol. The van der Waals surface area contributed by atoms with E-state index in [-0.39, 0.29) is 19.0 Å². The number of sulfonamides is 1. The van der Waals surface area contributed by atoms with Gasteiger partial charge in [-0.25, -0.2) is 13.1 Å². The number of rotatable bonds is 5. The Hall–Kier alpha value is -1.40. The van der Waals surface area contributed by atoms with Crippen LogP contribution in [-0.4, -0.2) is 33.7 Å². The summed E-state index contributed by atoms with van der Waals surface area (Å²) >= 11 is 0. The highest BCUT2D eigenvalue weighted by atomic mass is 32.2. The van der Waals surface area contributed by atoms with Gasteiger partial charge in [0.2, 0.25) is 10.0 Å². The van der Waals surface area contributed by atoms with Crippen LogP contribution in [0.25, 0.3) is 0 Å². The summed E-state index contributed by atoms with van der Waals surface area (Å²) in [5, 5.41) is 2.65. The summed E-state index contributed by atoms with van der Waals surface area (Å²) in [6.07, 6.45) is 1.08. The summed E-state index contributed by atoms with van der Waals surface area (Å²) in [5.41, 5.74) is 2.76. The van der Waals surface area contributed by atoms with Crippen LogP contribution >= 0.6 is 0 Å². The van der Waals surface area contributed by atoms with E-state index in [0.717, 1.165) is 17.4 Å². The van der Waals surface area contributed by atoms with E-state index in [4.69, 9.17) is 0 Å². The Balaban J connectivity index is 2.48. The normalized spacial score (nSPS) is 11.3. The molecule has 0 aliphatic heterocycles. The van der Waals surface area contributed by atoms with Gasteiger partial charge < -0.3 is 5.32 Å². The molecule has 0 spiro atoms. The van der Waals surface area contributed by atoms with Crippen LogP contribution in [-0.2, 0) is 10.0 Å². The molecule has 0 saturated heterocycles. The summed E-state index contributed by atoms with van der Waals surface area (Å²) in [7, 11) is -3.20. The summed E-state index contributed by atoms with van der Waals surface area (Å²) < 4.78 is 23.9. The minimum atomic E-state index is -3.20. The predicted molar refractivity (Wildman–Crippen MR) is 71.1 cm³/mol. The van der Waals surface area contributed by atoms with Crippen molar-refractivity contribution in [1.82, 2.24) is 10.0 Å². The van der Waals surface area contributed by atoms with E-state index in [0.29, 0.717) is 5.56 Å². The zero-order valence-corrected chi connectivity index (χ0v) is 11.6. The molecule has 1 amide bonds. The minimum absolute atomic E-state index is 0.190. The highest BCUT2D eigenvalue weighted by molar-refractivity contribution is 7.88. The fraction of sp³-hybridized carbons (Fsp3) is 0.417. The Morgan fingerprint density at radius 3 is 2.39 bits per heavy atom. The third-order valence-corrected chi connectivity index (χ3v) is 3.27. The first-order valence-corrected chi connectivity index (χ1v) is 7.49. The van der Waals surface area contributed by atoms with E-state index in [2.05, 4.69) is 10.0 Å². The van der Waals surface area contributed by atoms with Crippen molar-refractivity contribution >= 4 is 15.9 Å². The molecule has 1 rings (SSSR count). The number of nitrogens with one attached hydrogen (secondary N) is 2. The number of benzene rings is 1. The molecule has 5 nitrogen and oxygen atoms in total. The quantitative estimate of drug-likeness (QED) is 0.769. The van der Waals surface area contributed by atoms with Crippen LogP contribution in [0.5, 0.6) is 0 Å². The van der Waals surface area contributed by atoms with Gasteiger partial charge in [-0.2, -0.15) is 0 Å². The Kier molecular flexibility index (Phi) is 4.86. The number of carbonyl (C=O) groups is 1. The molecule has 100 valence electrons. The average molecular weight is 270 g/mol. The second-order valence-corrected chi connectivity index (χ2v) is 6.05. The molecule has 0 fully saturated rings. The van der Waals surface area contributed by atoms with E-state index in [9.17, 15) is 13.2 Å². The van der Waals surface area contributed by atoms with Crippen molar-refractivity contribution in [3.8, 4) is 0 Å². The number of aryl methyl sites for hydroxylation is 2. The van der Waals surface area contributed by atoms with Crippen LogP contribution < -0.4 is 10.0 Å². The van der Waals surface area contributed by atoms with Crippen LogP contribution in [0.4, 0.5) is 0 Å². The summed E-state index contributed by atoms with van der Waals surface area (Å²) in [6, 6.07) is 5.45. The molecule has 0 aliphatic carbocycles.